The Bertz CT molecular complexity index is 411. The van der Waals surface area contributed by atoms with Crippen LogP contribution < -0.4 is 10.1 Å². The minimum Gasteiger partial charge on any atom is -0.496 e. The van der Waals surface area contributed by atoms with Crippen molar-refractivity contribution in [2.45, 2.75) is 32.4 Å². The highest BCUT2D eigenvalue weighted by molar-refractivity contribution is 9.10. The first-order chi connectivity index (χ1) is 9.22. The fourth-order valence-corrected chi connectivity index (χ4v) is 3.01. The van der Waals surface area contributed by atoms with Crippen molar-refractivity contribution >= 4 is 15.9 Å². The highest BCUT2D eigenvalue weighted by Crippen LogP contribution is 2.24. The van der Waals surface area contributed by atoms with E-state index >= 15 is 0 Å². The van der Waals surface area contributed by atoms with Gasteiger partial charge in [0.05, 0.1) is 7.11 Å². The molecular weight excluding hydrogens is 304 g/mol. The number of ether oxygens (including phenoxy) is 1. The van der Waals surface area contributed by atoms with E-state index in [9.17, 15) is 0 Å². The summed E-state index contributed by atoms with van der Waals surface area (Å²) >= 11 is 3.54. The summed E-state index contributed by atoms with van der Waals surface area (Å²) in [6, 6.07) is 6.84. The zero-order chi connectivity index (χ0) is 13.7. The molecule has 1 aliphatic heterocycles. The Kier molecular flexibility index (Phi) is 5.67. The highest BCUT2D eigenvalue weighted by Gasteiger charge is 2.17. The van der Waals surface area contributed by atoms with Crippen LogP contribution >= 0.6 is 15.9 Å². The molecule has 0 radical (unpaired) electrons. The maximum Gasteiger partial charge on any atom is 0.123 e. The molecule has 19 heavy (non-hydrogen) atoms. The molecule has 0 saturated carbocycles. The number of hydrogen-bond donors (Lipinski definition) is 1. The molecule has 1 fully saturated rings. The fourth-order valence-electron chi connectivity index (χ4n) is 2.61. The molecule has 0 aromatic heterocycles. The molecule has 106 valence electrons. The van der Waals surface area contributed by atoms with Crippen LogP contribution in [-0.4, -0.2) is 37.7 Å². The van der Waals surface area contributed by atoms with E-state index in [1.165, 1.54) is 18.4 Å². The van der Waals surface area contributed by atoms with Gasteiger partial charge >= 0.3 is 0 Å². The van der Waals surface area contributed by atoms with Crippen molar-refractivity contribution in [1.29, 1.82) is 0 Å². The number of hydrogen-bond acceptors (Lipinski definition) is 3. The predicted octanol–water partition coefficient (Wildman–Crippen LogP) is 3.03. The van der Waals surface area contributed by atoms with Crippen LogP contribution in [-0.2, 0) is 6.54 Å². The Morgan fingerprint density at radius 1 is 1.47 bits per heavy atom. The molecule has 1 heterocycles. The molecule has 0 aliphatic carbocycles. The summed E-state index contributed by atoms with van der Waals surface area (Å²) < 4.78 is 6.58. The van der Waals surface area contributed by atoms with E-state index in [4.69, 9.17) is 4.74 Å². The number of nitrogens with zero attached hydrogens (tertiary/aromatic N) is 1. The normalized spacial score (nSPS) is 21.1. The Morgan fingerprint density at radius 3 is 3.05 bits per heavy atom. The number of halogens is 1. The van der Waals surface area contributed by atoms with E-state index < -0.39 is 0 Å². The lowest BCUT2D eigenvalue weighted by molar-refractivity contribution is 0.253. The molecule has 0 spiro atoms. The van der Waals surface area contributed by atoms with Crippen molar-refractivity contribution in [3.8, 4) is 5.75 Å². The van der Waals surface area contributed by atoms with Gasteiger partial charge in [0, 0.05) is 29.2 Å². The van der Waals surface area contributed by atoms with Crippen molar-refractivity contribution in [2.75, 3.05) is 26.7 Å². The molecule has 1 aromatic rings. The lowest BCUT2D eigenvalue weighted by Crippen LogP contribution is -2.36. The molecule has 4 heteroatoms. The lowest BCUT2D eigenvalue weighted by Gasteiger charge is -2.24. The Labute approximate surface area is 124 Å². The van der Waals surface area contributed by atoms with Gasteiger partial charge in [-0.15, -0.1) is 0 Å². The number of nitrogens with one attached hydrogen (secondary N) is 1. The third-order valence-electron chi connectivity index (χ3n) is 3.69. The summed E-state index contributed by atoms with van der Waals surface area (Å²) in [5.74, 6) is 0.980. The van der Waals surface area contributed by atoms with Crippen LogP contribution in [0.4, 0.5) is 0 Å². The molecule has 3 nitrogen and oxygen atoms in total. The van der Waals surface area contributed by atoms with Crippen LogP contribution in [0, 0.1) is 0 Å². The first-order valence-electron chi connectivity index (χ1n) is 7.01. The van der Waals surface area contributed by atoms with Crippen LogP contribution in [0.25, 0.3) is 0 Å². The molecule has 0 amide bonds. The molecule has 1 N–H and O–H groups in total. The van der Waals surface area contributed by atoms with E-state index in [0.717, 1.165) is 36.4 Å². The van der Waals surface area contributed by atoms with Gasteiger partial charge in [0.1, 0.15) is 5.75 Å². The van der Waals surface area contributed by atoms with Crippen LogP contribution in [0.1, 0.15) is 25.3 Å². The van der Waals surface area contributed by atoms with Gasteiger partial charge in [-0.3, -0.25) is 4.90 Å². The molecule has 1 aliphatic rings. The van der Waals surface area contributed by atoms with Crippen LogP contribution in [0.15, 0.2) is 22.7 Å². The average Bonchev–Trinajstić information content (AvgIpc) is 2.64. The summed E-state index contributed by atoms with van der Waals surface area (Å²) in [7, 11) is 1.74. The van der Waals surface area contributed by atoms with Gasteiger partial charge in [0.25, 0.3) is 0 Å². The fraction of sp³-hybridized carbons (Fsp3) is 0.600. The van der Waals surface area contributed by atoms with Crippen molar-refractivity contribution < 1.29 is 4.74 Å². The zero-order valence-electron chi connectivity index (χ0n) is 11.8. The van der Waals surface area contributed by atoms with Crippen molar-refractivity contribution in [3.05, 3.63) is 28.2 Å². The van der Waals surface area contributed by atoms with Crippen molar-refractivity contribution in [1.82, 2.24) is 10.2 Å². The van der Waals surface area contributed by atoms with Gasteiger partial charge in [-0.25, -0.2) is 0 Å². The SMILES string of the molecule is CCC1CN(Cc2cc(Br)ccc2OC)CCCN1. The highest BCUT2D eigenvalue weighted by atomic mass is 79.9. The predicted molar refractivity (Wildman–Crippen MR) is 82.7 cm³/mol. The summed E-state index contributed by atoms with van der Waals surface area (Å²) in [5.41, 5.74) is 1.26. The molecule has 2 rings (SSSR count). The summed E-state index contributed by atoms with van der Waals surface area (Å²) in [5, 5.41) is 3.60. The van der Waals surface area contributed by atoms with Crippen LogP contribution in [0.5, 0.6) is 5.75 Å². The maximum absolute atomic E-state index is 5.46. The molecule has 1 saturated heterocycles. The number of methoxy groups -OCH3 is 1. The van der Waals surface area contributed by atoms with Gasteiger partial charge < -0.3 is 10.1 Å². The summed E-state index contributed by atoms with van der Waals surface area (Å²) in [6.45, 7) is 6.61. The van der Waals surface area contributed by atoms with E-state index in [0.29, 0.717) is 6.04 Å². The van der Waals surface area contributed by atoms with E-state index in [1.807, 2.05) is 12.1 Å². The topological polar surface area (TPSA) is 24.5 Å². The van der Waals surface area contributed by atoms with Gasteiger partial charge in [0.2, 0.25) is 0 Å². The van der Waals surface area contributed by atoms with Crippen LogP contribution in [0.2, 0.25) is 0 Å². The third-order valence-corrected chi connectivity index (χ3v) is 4.19. The first kappa shape index (κ1) is 14.8. The van der Waals surface area contributed by atoms with E-state index in [2.05, 4.69) is 39.1 Å². The maximum atomic E-state index is 5.46. The molecule has 1 unspecified atom stereocenters. The molecular formula is C15H23BrN2O. The summed E-state index contributed by atoms with van der Waals surface area (Å²) in [4.78, 5) is 2.53. The quantitative estimate of drug-likeness (QED) is 0.920. The Balaban J connectivity index is 2.08. The van der Waals surface area contributed by atoms with E-state index in [-0.39, 0.29) is 0 Å². The van der Waals surface area contributed by atoms with Gasteiger partial charge in [0.15, 0.2) is 0 Å². The molecule has 0 bridgehead atoms. The standard InChI is InChI=1S/C15H23BrN2O/c1-3-14-11-18(8-4-7-17-14)10-12-9-13(16)5-6-15(12)19-2/h5-6,9,14,17H,3-4,7-8,10-11H2,1-2H3. The third kappa shape index (κ3) is 4.20. The summed E-state index contributed by atoms with van der Waals surface area (Å²) in [6.07, 6.45) is 2.40. The zero-order valence-corrected chi connectivity index (χ0v) is 13.4. The van der Waals surface area contributed by atoms with Crippen molar-refractivity contribution in [3.63, 3.8) is 0 Å². The second kappa shape index (κ2) is 7.27. The first-order valence-corrected chi connectivity index (χ1v) is 7.80. The smallest absolute Gasteiger partial charge is 0.123 e. The lowest BCUT2D eigenvalue weighted by atomic mass is 10.1. The van der Waals surface area contributed by atoms with Gasteiger partial charge in [-0.2, -0.15) is 0 Å². The largest absolute Gasteiger partial charge is 0.496 e. The monoisotopic (exact) mass is 326 g/mol. The van der Waals surface area contributed by atoms with Crippen LogP contribution in [0.3, 0.4) is 0 Å². The second-order valence-electron chi connectivity index (χ2n) is 5.10. The number of benzene rings is 1. The van der Waals surface area contributed by atoms with Gasteiger partial charge in [-0.05, 0) is 44.1 Å². The van der Waals surface area contributed by atoms with E-state index in [1.54, 1.807) is 7.11 Å². The Morgan fingerprint density at radius 2 is 2.32 bits per heavy atom. The minimum atomic E-state index is 0.612. The minimum absolute atomic E-state index is 0.612. The Hall–Kier alpha value is -0.580. The number of rotatable bonds is 4. The van der Waals surface area contributed by atoms with Gasteiger partial charge in [-0.1, -0.05) is 22.9 Å². The molecule has 1 aromatic carbocycles. The molecule has 1 atom stereocenters. The van der Waals surface area contributed by atoms with Crippen molar-refractivity contribution in [2.24, 2.45) is 0 Å². The second-order valence-corrected chi connectivity index (χ2v) is 6.02. The average molecular weight is 327 g/mol.